The molecular formula is C52H34N4. The van der Waals surface area contributed by atoms with Gasteiger partial charge in [0, 0.05) is 67.5 Å². The van der Waals surface area contributed by atoms with E-state index in [1.54, 1.807) is 0 Å². The number of hydrogen-bond donors (Lipinski definition) is 0. The van der Waals surface area contributed by atoms with Gasteiger partial charge in [0.25, 0.3) is 0 Å². The molecule has 0 aliphatic heterocycles. The van der Waals surface area contributed by atoms with Gasteiger partial charge in [0.15, 0.2) is 0 Å². The van der Waals surface area contributed by atoms with E-state index < -0.39 is 0 Å². The molecule has 0 fully saturated rings. The van der Waals surface area contributed by atoms with Crippen LogP contribution >= 0.6 is 0 Å². The number of fused-ring (bicyclic) bond motifs is 8. The molecule has 0 amide bonds. The minimum Gasteiger partial charge on any atom is -0.317 e. The van der Waals surface area contributed by atoms with E-state index >= 15 is 0 Å². The monoisotopic (exact) mass is 714 g/mol. The van der Waals surface area contributed by atoms with Gasteiger partial charge < -0.3 is 18.3 Å². The SMILES string of the molecule is c1ccc(-n2ccc3cc4c(cc32)c2ccccc2n4-c2ccc(-c3ccc(-n4c5ccccc5c5cc6c(ccn6-c6ccccc6)cc54)cc3)cc2)cc1. The lowest BCUT2D eigenvalue weighted by atomic mass is 10.0. The molecule has 0 aliphatic carbocycles. The van der Waals surface area contributed by atoms with Crippen LogP contribution in [0.15, 0.2) is 207 Å². The molecule has 0 saturated carbocycles. The summed E-state index contributed by atoms with van der Waals surface area (Å²) in [5.41, 5.74) is 14.3. The van der Waals surface area contributed by atoms with Crippen LogP contribution in [0, 0.1) is 0 Å². The number of nitrogens with zero attached hydrogens (tertiary/aromatic N) is 4. The number of hydrogen-bond acceptors (Lipinski definition) is 0. The summed E-state index contributed by atoms with van der Waals surface area (Å²) < 4.78 is 9.38. The first-order chi connectivity index (χ1) is 27.8. The Kier molecular flexibility index (Phi) is 6.60. The Hall–Kier alpha value is -7.56. The van der Waals surface area contributed by atoms with Crippen LogP contribution in [0.5, 0.6) is 0 Å². The van der Waals surface area contributed by atoms with E-state index in [1.807, 2.05) is 0 Å². The van der Waals surface area contributed by atoms with Crippen molar-refractivity contribution in [3.8, 4) is 33.9 Å². The van der Waals surface area contributed by atoms with Crippen molar-refractivity contribution in [2.75, 3.05) is 0 Å². The minimum absolute atomic E-state index is 1.15. The lowest BCUT2D eigenvalue weighted by Crippen LogP contribution is -1.95. The maximum Gasteiger partial charge on any atom is 0.0548 e. The van der Waals surface area contributed by atoms with Crippen molar-refractivity contribution in [2.45, 2.75) is 0 Å². The van der Waals surface area contributed by atoms with Crippen molar-refractivity contribution in [1.29, 1.82) is 0 Å². The second kappa shape index (κ2) is 12.0. The third kappa shape index (κ3) is 4.60. The molecule has 56 heavy (non-hydrogen) atoms. The minimum atomic E-state index is 1.15. The Labute approximate surface area is 322 Å². The van der Waals surface area contributed by atoms with E-state index in [0.717, 1.165) is 11.4 Å². The molecule has 262 valence electrons. The predicted octanol–water partition coefficient (Wildman–Crippen LogP) is 13.4. The Morgan fingerprint density at radius 2 is 0.643 bits per heavy atom. The standard InChI is InChI=1S/C52H34N4/c1-3-11-39(12-4-1)53-29-27-37-31-51-45(33-49(37)53)43-15-7-9-17-47(43)55(51)41-23-19-35(20-24-41)36-21-25-42(26-22-36)56-48-18-10-8-16-44(48)46-34-50-38(32-52(46)56)28-30-54(50)40-13-5-2-6-14-40/h1-34H. The first kappa shape index (κ1) is 30.9. The molecule has 8 aromatic carbocycles. The van der Waals surface area contributed by atoms with Gasteiger partial charge in [0.2, 0.25) is 0 Å². The molecule has 0 bridgehead atoms. The largest absolute Gasteiger partial charge is 0.317 e. The highest BCUT2D eigenvalue weighted by Crippen LogP contribution is 2.38. The molecule has 4 heteroatoms. The van der Waals surface area contributed by atoms with Crippen molar-refractivity contribution in [3.05, 3.63) is 207 Å². The van der Waals surface area contributed by atoms with E-state index in [9.17, 15) is 0 Å². The predicted molar refractivity (Wildman–Crippen MR) is 234 cm³/mol. The van der Waals surface area contributed by atoms with Crippen molar-refractivity contribution in [3.63, 3.8) is 0 Å². The summed E-state index contributed by atoms with van der Waals surface area (Å²) in [6, 6.07) is 70.5. The highest BCUT2D eigenvalue weighted by atomic mass is 15.0. The topological polar surface area (TPSA) is 19.7 Å². The second-order valence-electron chi connectivity index (χ2n) is 14.7. The average Bonchev–Trinajstić information content (AvgIpc) is 4.03. The van der Waals surface area contributed by atoms with Crippen LogP contribution in [-0.4, -0.2) is 18.3 Å². The zero-order chi connectivity index (χ0) is 36.7. The van der Waals surface area contributed by atoms with Gasteiger partial charge in [0.1, 0.15) is 0 Å². The lowest BCUT2D eigenvalue weighted by molar-refractivity contribution is 1.13. The first-order valence-corrected chi connectivity index (χ1v) is 19.2. The van der Waals surface area contributed by atoms with Crippen molar-refractivity contribution in [1.82, 2.24) is 18.3 Å². The third-order valence-electron chi connectivity index (χ3n) is 11.6. The van der Waals surface area contributed by atoms with E-state index in [-0.39, 0.29) is 0 Å². The molecule has 0 spiro atoms. The summed E-state index contributed by atoms with van der Waals surface area (Å²) >= 11 is 0. The fraction of sp³-hybridized carbons (Fsp3) is 0. The van der Waals surface area contributed by atoms with Crippen LogP contribution in [-0.2, 0) is 0 Å². The molecule has 0 unspecified atom stereocenters. The molecular weight excluding hydrogens is 681 g/mol. The highest BCUT2D eigenvalue weighted by molar-refractivity contribution is 6.14. The molecule has 4 heterocycles. The maximum atomic E-state index is 2.41. The van der Waals surface area contributed by atoms with Crippen molar-refractivity contribution in [2.24, 2.45) is 0 Å². The van der Waals surface area contributed by atoms with Crippen LogP contribution in [0.25, 0.3) is 99.3 Å². The van der Waals surface area contributed by atoms with E-state index in [1.165, 1.54) is 87.9 Å². The highest BCUT2D eigenvalue weighted by Gasteiger charge is 2.17. The van der Waals surface area contributed by atoms with Crippen LogP contribution in [0.1, 0.15) is 0 Å². The van der Waals surface area contributed by atoms with Crippen LogP contribution in [0.2, 0.25) is 0 Å². The summed E-state index contributed by atoms with van der Waals surface area (Å²) in [7, 11) is 0. The van der Waals surface area contributed by atoms with Gasteiger partial charge in [-0.3, -0.25) is 0 Å². The smallest absolute Gasteiger partial charge is 0.0548 e. The van der Waals surface area contributed by atoms with Gasteiger partial charge >= 0.3 is 0 Å². The van der Waals surface area contributed by atoms with E-state index in [2.05, 4.69) is 225 Å². The van der Waals surface area contributed by atoms with E-state index in [0.29, 0.717) is 0 Å². The summed E-state index contributed by atoms with van der Waals surface area (Å²) in [6.45, 7) is 0. The zero-order valence-corrected chi connectivity index (χ0v) is 30.4. The third-order valence-corrected chi connectivity index (χ3v) is 11.6. The number of rotatable bonds is 5. The molecule has 0 saturated heterocycles. The molecule has 4 aromatic heterocycles. The van der Waals surface area contributed by atoms with Crippen LogP contribution in [0.4, 0.5) is 0 Å². The van der Waals surface area contributed by atoms with Crippen LogP contribution < -0.4 is 0 Å². The Bertz CT molecular complexity index is 3200. The fourth-order valence-electron chi connectivity index (χ4n) is 8.98. The number of para-hydroxylation sites is 4. The average molecular weight is 715 g/mol. The lowest BCUT2D eigenvalue weighted by Gasteiger charge is -2.11. The quantitative estimate of drug-likeness (QED) is 0.169. The zero-order valence-electron chi connectivity index (χ0n) is 30.4. The van der Waals surface area contributed by atoms with Crippen molar-refractivity contribution < 1.29 is 0 Å². The molecule has 0 aliphatic rings. The summed E-state index contributed by atoms with van der Waals surface area (Å²) in [4.78, 5) is 0. The molecule has 0 atom stereocenters. The van der Waals surface area contributed by atoms with Gasteiger partial charge in [-0.05, 0) is 108 Å². The summed E-state index contributed by atoms with van der Waals surface area (Å²) in [6.07, 6.45) is 4.35. The molecule has 0 N–H and O–H groups in total. The van der Waals surface area contributed by atoms with Crippen LogP contribution in [0.3, 0.4) is 0 Å². The fourth-order valence-corrected chi connectivity index (χ4v) is 8.98. The van der Waals surface area contributed by atoms with E-state index in [4.69, 9.17) is 0 Å². The van der Waals surface area contributed by atoms with Gasteiger partial charge in [0.05, 0.1) is 33.1 Å². The summed E-state index contributed by atoms with van der Waals surface area (Å²) in [5.74, 6) is 0. The Morgan fingerprint density at radius 1 is 0.250 bits per heavy atom. The number of benzene rings is 8. The number of aromatic nitrogens is 4. The molecule has 12 rings (SSSR count). The Morgan fingerprint density at radius 3 is 1.07 bits per heavy atom. The van der Waals surface area contributed by atoms with Crippen molar-refractivity contribution >= 4 is 65.4 Å². The molecule has 4 nitrogen and oxygen atoms in total. The van der Waals surface area contributed by atoms with Gasteiger partial charge in [-0.2, -0.15) is 0 Å². The van der Waals surface area contributed by atoms with Gasteiger partial charge in [-0.25, -0.2) is 0 Å². The maximum absolute atomic E-state index is 2.41. The second-order valence-corrected chi connectivity index (χ2v) is 14.7. The Balaban J connectivity index is 0.926. The molecule has 12 aromatic rings. The molecule has 0 radical (unpaired) electrons. The normalized spacial score (nSPS) is 11.9. The van der Waals surface area contributed by atoms with Gasteiger partial charge in [-0.1, -0.05) is 97.1 Å². The van der Waals surface area contributed by atoms with Gasteiger partial charge in [-0.15, -0.1) is 0 Å². The summed E-state index contributed by atoms with van der Waals surface area (Å²) in [5, 5.41) is 7.46. The first-order valence-electron chi connectivity index (χ1n) is 19.2.